The quantitative estimate of drug-likeness (QED) is 0.687. The Balaban J connectivity index is 2.47. The number of fused-ring (bicyclic) bond motifs is 1. The standard InChI is InChI=1S/C9H9N2O/c12-5-3-8-6-7-2-1-4-10-9(7)11-8/h1-2,4,12H,3,5H2,(H,10,11). The van der Waals surface area contributed by atoms with Crippen molar-refractivity contribution in [1.29, 1.82) is 0 Å². The maximum atomic E-state index is 8.68. The molecule has 0 aliphatic carbocycles. The minimum absolute atomic E-state index is 0.142. The molecule has 0 saturated heterocycles. The van der Waals surface area contributed by atoms with Crippen LogP contribution in [0.2, 0.25) is 0 Å². The molecule has 2 N–H and O–H groups in total. The highest BCUT2D eigenvalue weighted by atomic mass is 16.3. The largest absolute Gasteiger partial charge is 0.396 e. The summed E-state index contributed by atoms with van der Waals surface area (Å²) in [6, 6.07) is 6.93. The lowest BCUT2D eigenvalue weighted by Gasteiger charge is -1.87. The molecule has 0 fully saturated rings. The smallest absolute Gasteiger partial charge is 0.138 e. The first-order valence-electron chi connectivity index (χ1n) is 3.86. The second-order valence-electron chi connectivity index (χ2n) is 2.60. The van der Waals surface area contributed by atoms with Crippen molar-refractivity contribution in [3.8, 4) is 0 Å². The van der Waals surface area contributed by atoms with Gasteiger partial charge in [0.1, 0.15) is 5.65 Å². The molecule has 3 nitrogen and oxygen atoms in total. The Morgan fingerprint density at radius 1 is 1.58 bits per heavy atom. The monoisotopic (exact) mass is 161 g/mol. The van der Waals surface area contributed by atoms with E-state index in [1.165, 1.54) is 0 Å². The van der Waals surface area contributed by atoms with Gasteiger partial charge in [-0.25, -0.2) is 4.98 Å². The van der Waals surface area contributed by atoms with Gasteiger partial charge in [0.15, 0.2) is 0 Å². The van der Waals surface area contributed by atoms with Crippen LogP contribution in [-0.2, 0) is 6.42 Å². The zero-order valence-electron chi connectivity index (χ0n) is 6.54. The van der Waals surface area contributed by atoms with Crippen LogP contribution in [0.5, 0.6) is 0 Å². The van der Waals surface area contributed by atoms with Crippen LogP contribution in [0.15, 0.2) is 18.3 Å². The van der Waals surface area contributed by atoms with Crippen molar-refractivity contribution < 1.29 is 5.11 Å². The summed E-state index contributed by atoms with van der Waals surface area (Å²) in [5.41, 5.74) is 1.74. The fourth-order valence-electron chi connectivity index (χ4n) is 1.18. The van der Waals surface area contributed by atoms with Crippen LogP contribution < -0.4 is 0 Å². The summed E-state index contributed by atoms with van der Waals surface area (Å²) in [5, 5.41) is 9.66. The third-order valence-corrected chi connectivity index (χ3v) is 1.72. The third kappa shape index (κ3) is 1.19. The number of H-pyrrole nitrogens is 1. The Kier molecular flexibility index (Phi) is 1.80. The Morgan fingerprint density at radius 3 is 3.25 bits per heavy atom. The van der Waals surface area contributed by atoms with Gasteiger partial charge in [-0.15, -0.1) is 0 Å². The highest BCUT2D eigenvalue weighted by Gasteiger charge is 1.99. The summed E-state index contributed by atoms with van der Waals surface area (Å²) in [6.45, 7) is 0.142. The number of hydrogen-bond acceptors (Lipinski definition) is 2. The molecular formula is C9H9N2O. The summed E-state index contributed by atoms with van der Waals surface area (Å²) >= 11 is 0. The second-order valence-corrected chi connectivity index (χ2v) is 2.60. The number of hydrogen-bond donors (Lipinski definition) is 2. The summed E-state index contributed by atoms with van der Waals surface area (Å²) in [7, 11) is 0. The zero-order valence-corrected chi connectivity index (χ0v) is 6.54. The van der Waals surface area contributed by atoms with E-state index in [4.69, 9.17) is 5.11 Å². The minimum Gasteiger partial charge on any atom is -0.396 e. The van der Waals surface area contributed by atoms with Gasteiger partial charge in [0.2, 0.25) is 0 Å². The molecule has 2 heterocycles. The van der Waals surface area contributed by atoms with Crippen LogP contribution in [0, 0.1) is 6.07 Å². The van der Waals surface area contributed by atoms with E-state index in [0.717, 1.165) is 16.7 Å². The molecule has 0 aliphatic rings. The Hall–Kier alpha value is -1.35. The van der Waals surface area contributed by atoms with Crippen molar-refractivity contribution >= 4 is 11.0 Å². The highest BCUT2D eigenvalue weighted by Crippen LogP contribution is 2.10. The van der Waals surface area contributed by atoms with E-state index >= 15 is 0 Å². The lowest BCUT2D eigenvalue weighted by Crippen LogP contribution is -1.89. The summed E-state index contributed by atoms with van der Waals surface area (Å²) < 4.78 is 0. The maximum absolute atomic E-state index is 8.68. The van der Waals surface area contributed by atoms with Crippen molar-refractivity contribution in [2.75, 3.05) is 6.61 Å². The van der Waals surface area contributed by atoms with E-state index in [0.29, 0.717) is 6.42 Å². The van der Waals surface area contributed by atoms with Crippen LogP contribution in [0.25, 0.3) is 11.0 Å². The SMILES string of the molecule is OCCc1[c]c2cccnc2[nH]1. The number of nitrogens with one attached hydrogen (secondary N) is 1. The number of aromatic amines is 1. The molecule has 0 amide bonds. The van der Waals surface area contributed by atoms with Crippen LogP contribution in [0.4, 0.5) is 0 Å². The van der Waals surface area contributed by atoms with Gasteiger partial charge in [0, 0.05) is 36.4 Å². The molecule has 61 valence electrons. The maximum Gasteiger partial charge on any atom is 0.138 e. The molecule has 0 saturated carbocycles. The molecule has 0 spiro atoms. The highest BCUT2D eigenvalue weighted by molar-refractivity contribution is 5.75. The van der Waals surface area contributed by atoms with Crippen LogP contribution in [-0.4, -0.2) is 21.7 Å². The van der Waals surface area contributed by atoms with Crippen molar-refractivity contribution in [2.45, 2.75) is 6.42 Å². The van der Waals surface area contributed by atoms with Gasteiger partial charge in [0.05, 0.1) is 0 Å². The first kappa shape index (κ1) is 7.31. The van der Waals surface area contributed by atoms with Crippen molar-refractivity contribution in [3.05, 3.63) is 30.1 Å². The molecule has 0 aliphatic heterocycles. The average Bonchev–Trinajstić information content (AvgIpc) is 2.47. The number of aliphatic hydroxyl groups excluding tert-OH is 1. The third-order valence-electron chi connectivity index (χ3n) is 1.72. The molecule has 3 heteroatoms. The first-order chi connectivity index (χ1) is 5.90. The molecule has 2 rings (SSSR count). The number of aliphatic hydroxyl groups is 1. The van der Waals surface area contributed by atoms with Crippen molar-refractivity contribution in [2.24, 2.45) is 0 Å². The van der Waals surface area contributed by atoms with Gasteiger partial charge >= 0.3 is 0 Å². The molecule has 0 unspecified atom stereocenters. The van der Waals surface area contributed by atoms with Gasteiger partial charge in [-0.1, -0.05) is 0 Å². The normalized spacial score (nSPS) is 10.8. The van der Waals surface area contributed by atoms with Gasteiger partial charge in [-0.2, -0.15) is 0 Å². The molecule has 2 aromatic rings. The van der Waals surface area contributed by atoms with E-state index < -0.39 is 0 Å². The molecule has 1 radical (unpaired) electrons. The van der Waals surface area contributed by atoms with Gasteiger partial charge in [-0.3, -0.25) is 0 Å². The number of pyridine rings is 1. The fourth-order valence-corrected chi connectivity index (χ4v) is 1.18. The molecule has 0 atom stereocenters. The fraction of sp³-hybridized carbons (Fsp3) is 0.222. The van der Waals surface area contributed by atoms with Crippen molar-refractivity contribution in [3.63, 3.8) is 0 Å². The van der Waals surface area contributed by atoms with Crippen molar-refractivity contribution in [1.82, 2.24) is 9.97 Å². The summed E-state index contributed by atoms with van der Waals surface area (Å²) in [5.74, 6) is 0. The zero-order chi connectivity index (χ0) is 8.39. The first-order valence-corrected chi connectivity index (χ1v) is 3.86. The molecule has 12 heavy (non-hydrogen) atoms. The topological polar surface area (TPSA) is 48.9 Å². The number of nitrogens with zero attached hydrogens (tertiary/aromatic N) is 1. The number of rotatable bonds is 2. The number of aromatic nitrogens is 2. The van der Waals surface area contributed by atoms with Crippen LogP contribution in [0.3, 0.4) is 0 Å². The van der Waals surface area contributed by atoms with E-state index in [2.05, 4.69) is 16.0 Å². The van der Waals surface area contributed by atoms with Crippen LogP contribution >= 0.6 is 0 Å². The summed E-state index contributed by atoms with van der Waals surface area (Å²) in [4.78, 5) is 7.19. The van der Waals surface area contributed by atoms with Gasteiger partial charge < -0.3 is 10.1 Å². The van der Waals surface area contributed by atoms with Gasteiger partial charge in [-0.05, 0) is 12.1 Å². The lowest BCUT2D eigenvalue weighted by molar-refractivity contribution is 0.298. The van der Waals surface area contributed by atoms with Gasteiger partial charge in [0.25, 0.3) is 0 Å². The predicted molar refractivity (Wildman–Crippen MR) is 45.7 cm³/mol. The lowest BCUT2D eigenvalue weighted by atomic mass is 10.3. The average molecular weight is 161 g/mol. The molecular weight excluding hydrogens is 152 g/mol. The van der Waals surface area contributed by atoms with E-state index in [1.807, 2.05) is 12.1 Å². The minimum atomic E-state index is 0.142. The van der Waals surface area contributed by atoms with E-state index in [1.54, 1.807) is 6.20 Å². The molecule has 0 bridgehead atoms. The predicted octanol–water partition coefficient (Wildman–Crippen LogP) is 0.898. The Bertz CT molecular complexity index is 348. The van der Waals surface area contributed by atoms with E-state index in [-0.39, 0.29) is 6.61 Å². The van der Waals surface area contributed by atoms with Crippen LogP contribution in [0.1, 0.15) is 5.69 Å². The second kappa shape index (κ2) is 2.95. The van der Waals surface area contributed by atoms with E-state index in [9.17, 15) is 0 Å². The molecule has 2 aromatic heterocycles. The Morgan fingerprint density at radius 2 is 2.50 bits per heavy atom. The Labute approximate surface area is 70.1 Å². The summed E-state index contributed by atoms with van der Waals surface area (Å²) in [6.07, 6.45) is 2.34. The molecule has 0 aromatic carbocycles.